The number of ether oxygens (including phenoxy) is 1. The number of carbonyl (C=O) groups excluding carboxylic acids is 2. The van der Waals surface area contributed by atoms with E-state index in [1.165, 1.54) is 7.11 Å². The Morgan fingerprint density at radius 3 is 2.71 bits per heavy atom. The second-order valence-corrected chi connectivity index (χ2v) is 5.26. The molecule has 0 fully saturated rings. The van der Waals surface area contributed by atoms with E-state index in [2.05, 4.69) is 15.0 Å². The van der Waals surface area contributed by atoms with Crippen LogP contribution in [0.5, 0.6) is 0 Å². The van der Waals surface area contributed by atoms with Crippen LogP contribution in [-0.4, -0.2) is 46.7 Å². The minimum atomic E-state index is -0.331. The van der Waals surface area contributed by atoms with Gasteiger partial charge in [-0.15, -0.1) is 0 Å². The number of methoxy groups -OCH3 is 1. The van der Waals surface area contributed by atoms with E-state index in [0.717, 1.165) is 18.7 Å². The summed E-state index contributed by atoms with van der Waals surface area (Å²) in [5, 5.41) is 2.84. The van der Waals surface area contributed by atoms with Crippen molar-refractivity contribution in [1.29, 1.82) is 0 Å². The number of benzene rings is 1. The van der Waals surface area contributed by atoms with E-state index in [1.807, 2.05) is 41.1 Å². The van der Waals surface area contributed by atoms with Crippen molar-refractivity contribution in [2.24, 2.45) is 0 Å². The van der Waals surface area contributed by atoms with Gasteiger partial charge >= 0.3 is 12.0 Å². The quantitative estimate of drug-likeness (QED) is 0.754. The molecule has 0 saturated carbocycles. The molecule has 0 aliphatic heterocycles. The molecule has 7 nitrogen and oxygen atoms in total. The van der Waals surface area contributed by atoms with Gasteiger partial charge in [0.1, 0.15) is 0 Å². The molecule has 1 aromatic carbocycles. The predicted molar refractivity (Wildman–Crippen MR) is 90.5 cm³/mol. The lowest BCUT2D eigenvalue weighted by Gasteiger charge is -2.23. The lowest BCUT2D eigenvalue weighted by atomic mass is 10.3. The average Bonchev–Trinajstić information content (AvgIpc) is 3.11. The van der Waals surface area contributed by atoms with Gasteiger partial charge in [0.15, 0.2) is 0 Å². The Morgan fingerprint density at radius 2 is 2.04 bits per heavy atom. The first-order chi connectivity index (χ1) is 11.7. The van der Waals surface area contributed by atoms with Crippen molar-refractivity contribution in [2.75, 3.05) is 25.5 Å². The molecule has 0 spiro atoms. The first-order valence-corrected chi connectivity index (χ1v) is 7.82. The highest BCUT2D eigenvalue weighted by Crippen LogP contribution is 2.08. The summed E-state index contributed by atoms with van der Waals surface area (Å²) in [4.78, 5) is 29.4. The molecular weight excluding hydrogens is 308 g/mol. The van der Waals surface area contributed by atoms with Crippen molar-refractivity contribution < 1.29 is 14.3 Å². The summed E-state index contributed by atoms with van der Waals surface area (Å²) in [5.74, 6) is -0.331. The molecule has 1 aromatic heterocycles. The van der Waals surface area contributed by atoms with Gasteiger partial charge in [0, 0.05) is 37.7 Å². The number of rotatable bonds is 8. The average molecular weight is 330 g/mol. The third-order valence-corrected chi connectivity index (χ3v) is 3.53. The molecule has 0 atom stereocenters. The topological polar surface area (TPSA) is 76.5 Å². The maximum absolute atomic E-state index is 12.4. The smallest absolute Gasteiger partial charge is 0.321 e. The van der Waals surface area contributed by atoms with Gasteiger partial charge < -0.3 is 19.5 Å². The lowest BCUT2D eigenvalue weighted by Crippen LogP contribution is -2.37. The number of hydrogen-bond donors (Lipinski definition) is 1. The van der Waals surface area contributed by atoms with Crippen molar-refractivity contribution in [3.63, 3.8) is 0 Å². The Kier molecular flexibility index (Phi) is 6.82. The van der Waals surface area contributed by atoms with Crippen LogP contribution in [0.2, 0.25) is 0 Å². The van der Waals surface area contributed by atoms with Crippen molar-refractivity contribution >= 4 is 17.7 Å². The second kappa shape index (κ2) is 9.34. The number of aromatic nitrogens is 2. The number of carbonyl (C=O) groups is 2. The fourth-order valence-corrected chi connectivity index (χ4v) is 2.23. The van der Waals surface area contributed by atoms with Crippen molar-refractivity contribution in [3.8, 4) is 0 Å². The number of nitrogens with one attached hydrogen (secondary N) is 1. The Bertz CT molecular complexity index is 629. The van der Waals surface area contributed by atoms with E-state index >= 15 is 0 Å². The molecular formula is C17H22N4O3. The first-order valence-electron chi connectivity index (χ1n) is 7.82. The van der Waals surface area contributed by atoms with Gasteiger partial charge in [0.2, 0.25) is 0 Å². The van der Waals surface area contributed by atoms with Crippen LogP contribution in [0.4, 0.5) is 10.5 Å². The summed E-state index contributed by atoms with van der Waals surface area (Å²) in [6, 6.07) is 9.01. The maximum Gasteiger partial charge on any atom is 0.321 e. The molecule has 0 saturated heterocycles. The van der Waals surface area contributed by atoms with Gasteiger partial charge in [-0.25, -0.2) is 9.78 Å². The summed E-state index contributed by atoms with van der Waals surface area (Å²) in [7, 11) is 1.34. The van der Waals surface area contributed by atoms with Crippen LogP contribution in [0.15, 0.2) is 49.1 Å². The van der Waals surface area contributed by atoms with Gasteiger partial charge in [0.05, 0.1) is 19.9 Å². The molecule has 0 aliphatic carbocycles. The van der Waals surface area contributed by atoms with Crippen molar-refractivity contribution in [2.45, 2.75) is 19.4 Å². The van der Waals surface area contributed by atoms with Crippen molar-refractivity contribution in [1.82, 2.24) is 14.5 Å². The minimum Gasteiger partial charge on any atom is -0.469 e. The number of esters is 1. The number of aryl methyl sites for hydroxylation is 1. The standard InChI is InChI=1S/C17H22N4O3/c1-24-16(22)8-12-21(11-5-10-20-13-9-18-14-20)17(23)19-15-6-3-2-4-7-15/h2-4,6-7,9,13-14H,5,8,10-12H2,1H3,(H,19,23). The number of hydrogen-bond acceptors (Lipinski definition) is 4. The van der Waals surface area contributed by atoms with Crippen LogP contribution in [0.25, 0.3) is 0 Å². The lowest BCUT2D eigenvalue weighted by molar-refractivity contribution is -0.140. The predicted octanol–water partition coefficient (Wildman–Crippen LogP) is 2.37. The summed E-state index contributed by atoms with van der Waals surface area (Å²) in [5.41, 5.74) is 0.722. The van der Waals surface area contributed by atoms with E-state index in [9.17, 15) is 9.59 Å². The zero-order valence-corrected chi connectivity index (χ0v) is 13.7. The number of anilines is 1. The van der Waals surface area contributed by atoms with Gasteiger partial charge in [-0.05, 0) is 18.6 Å². The SMILES string of the molecule is COC(=O)CCN(CCCn1ccnc1)C(=O)Nc1ccccc1. The molecule has 0 aliphatic rings. The molecule has 24 heavy (non-hydrogen) atoms. The van der Waals surface area contributed by atoms with E-state index in [1.54, 1.807) is 17.4 Å². The molecule has 2 amide bonds. The van der Waals surface area contributed by atoms with Crippen LogP contribution in [-0.2, 0) is 16.1 Å². The Balaban J connectivity index is 1.90. The number of para-hydroxylation sites is 1. The molecule has 0 unspecified atom stereocenters. The number of amides is 2. The van der Waals surface area contributed by atoms with Crippen LogP contribution < -0.4 is 5.32 Å². The first kappa shape index (κ1) is 17.5. The molecule has 1 heterocycles. The molecule has 1 N–H and O–H groups in total. The molecule has 0 bridgehead atoms. The van der Waals surface area contributed by atoms with Crippen LogP contribution in [0.3, 0.4) is 0 Å². The molecule has 128 valence electrons. The summed E-state index contributed by atoms with van der Waals surface area (Å²) >= 11 is 0. The monoisotopic (exact) mass is 330 g/mol. The molecule has 2 rings (SSSR count). The van der Waals surface area contributed by atoms with Crippen molar-refractivity contribution in [3.05, 3.63) is 49.1 Å². The van der Waals surface area contributed by atoms with Gasteiger partial charge in [0.25, 0.3) is 0 Å². The van der Waals surface area contributed by atoms with E-state index in [4.69, 9.17) is 0 Å². The summed E-state index contributed by atoms with van der Waals surface area (Å²) in [6.45, 7) is 1.61. The highest BCUT2D eigenvalue weighted by molar-refractivity contribution is 5.89. The van der Waals surface area contributed by atoms with Gasteiger partial charge in [-0.2, -0.15) is 0 Å². The number of imidazole rings is 1. The normalized spacial score (nSPS) is 10.2. The highest BCUT2D eigenvalue weighted by atomic mass is 16.5. The molecule has 7 heteroatoms. The molecule has 2 aromatic rings. The minimum absolute atomic E-state index is 0.170. The molecule has 0 radical (unpaired) electrons. The van der Waals surface area contributed by atoms with Gasteiger partial charge in [-0.1, -0.05) is 18.2 Å². The largest absolute Gasteiger partial charge is 0.469 e. The number of nitrogens with zero attached hydrogens (tertiary/aromatic N) is 3. The zero-order valence-electron chi connectivity index (χ0n) is 13.7. The summed E-state index contributed by atoms with van der Waals surface area (Å²) < 4.78 is 6.60. The fourth-order valence-electron chi connectivity index (χ4n) is 2.23. The second-order valence-electron chi connectivity index (χ2n) is 5.26. The Morgan fingerprint density at radius 1 is 1.25 bits per heavy atom. The van der Waals surface area contributed by atoms with E-state index < -0.39 is 0 Å². The Hall–Kier alpha value is -2.83. The maximum atomic E-state index is 12.4. The zero-order chi connectivity index (χ0) is 17.2. The Labute approximate surface area is 141 Å². The van der Waals surface area contributed by atoms with Gasteiger partial charge in [-0.3, -0.25) is 4.79 Å². The third kappa shape index (κ3) is 5.75. The number of urea groups is 1. The third-order valence-electron chi connectivity index (χ3n) is 3.53. The highest BCUT2D eigenvalue weighted by Gasteiger charge is 2.15. The fraction of sp³-hybridized carbons (Fsp3) is 0.353. The van der Waals surface area contributed by atoms with Crippen LogP contribution in [0.1, 0.15) is 12.8 Å². The van der Waals surface area contributed by atoms with E-state index in [0.29, 0.717) is 13.1 Å². The van der Waals surface area contributed by atoms with E-state index in [-0.39, 0.29) is 18.4 Å². The van der Waals surface area contributed by atoms with Crippen LogP contribution in [0, 0.1) is 0 Å². The summed E-state index contributed by atoms with van der Waals surface area (Å²) in [6.07, 6.45) is 6.27. The van der Waals surface area contributed by atoms with Crippen LogP contribution >= 0.6 is 0 Å².